The first-order valence-corrected chi connectivity index (χ1v) is 3.69. The van der Waals surface area contributed by atoms with Gasteiger partial charge in [0.1, 0.15) is 0 Å². The molecule has 0 aliphatic carbocycles. The molecular formula is C9H6F3NO. The summed E-state index contributed by atoms with van der Waals surface area (Å²) in [7, 11) is 0. The monoisotopic (exact) mass is 201 g/mol. The van der Waals surface area contributed by atoms with E-state index in [1.165, 1.54) is 6.92 Å². The fourth-order valence-electron chi connectivity index (χ4n) is 0.962. The summed E-state index contributed by atoms with van der Waals surface area (Å²) < 4.78 is 40.4. The van der Waals surface area contributed by atoms with E-state index in [9.17, 15) is 13.2 Å². The van der Waals surface area contributed by atoms with Crippen LogP contribution in [-0.4, -0.2) is 6.61 Å². The lowest BCUT2D eigenvalue weighted by Crippen LogP contribution is -2.04. The Morgan fingerprint density at radius 2 is 2.07 bits per heavy atom. The molecule has 0 fully saturated rings. The van der Waals surface area contributed by atoms with E-state index in [1.807, 2.05) is 0 Å². The van der Waals surface area contributed by atoms with Gasteiger partial charge in [0.05, 0.1) is 11.6 Å². The van der Waals surface area contributed by atoms with Gasteiger partial charge in [-0.25, -0.2) is 4.39 Å². The van der Waals surface area contributed by atoms with Crippen molar-refractivity contribution in [3.63, 3.8) is 0 Å². The van der Waals surface area contributed by atoms with E-state index < -0.39 is 18.2 Å². The van der Waals surface area contributed by atoms with E-state index in [4.69, 9.17) is 5.26 Å². The molecule has 0 aliphatic heterocycles. The van der Waals surface area contributed by atoms with E-state index in [-0.39, 0.29) is 5.56 Å². The van der Waals surface area contributed by atoms with Gasteiger partial charge in [0.2, 0.25) is 0 Å². The summed E-state index contributed by atoms with van der Waals surface area (Å²) in [6.45, 7) is -1.56. The summed E-state index contributed by atoms with van der Waals surface area (Å²) in [4.78, 5) is 0. The summed E-state index contributed by atoms with van der Waals surface area (Å²) in [5.74, 6) is -1.51. The van der Waals surface area contributed by atoms with E-state index >= 15 is 0 Å². The van der Waals surface area contributed by atoms with Crippen LogP contribution in [0.15, 0.2) is 12.1 Å². The van der Waals surface area contributed by atoms with Crippen molar-refractivity contribution in [3.8, 4) is 11.8 Å². The van der Waals surface area contributed by atoms with Gasteiger partial charge in [0.25, 0.3) is 0 Å². The Hall–Kier alpha value is -1.70. The van der Waals surface area contributed by atoms with Crippen LogP contribution in [-0.2, 0) is 0 Å². The van der Waals surface area contributed by atoms with E-state index in [2.05, 4.69) is 4.74 Å². The molecule has 14 heavy (non-hydrogen) atoms. The molecule has 2 nitrogen and oxygen atoms in total. The minimum atomic E-state index is -3.07. The summed E-state index contributed by atoms with van der Waals surface area (Å²) in [5.41, 5.74) is 0.494. The molecule has 0 saturated carbocycles. The van der Waals surface area contributed by atoms with Gasteiger partial charge in [-0.1, -0.05) is 0 Å². The number of nitriles is 1. The lowest BCUT2D eigenvalue weighted by atomic mass is 10.1. The van der Waals surface area contributed by atoms with Gasteiger partial charge in [0.15, 0.2) is 11.6 Å². The minimum absolute atomic E-state index is 0.101. The number of aryl methyl sites for hydroxylation is 1. The van der Waals surface area contributed by atoms with Crippen LogP contribution in [0.1, 0.15) is 11.1 Å². The fraction of sp³-hybridized carbons (Fsp3) is 0.222. The normalized spacial score (nSPS) is 10.0. The highest BCUT2D eigenvalue weighted by Crippen LogP contribution is 2.23. The van der Waals surface area contributed by atoms with Crippen molar-refractivity contribution in [2.75, 3.05) is 0 Å². The van der Waals surface area contributed by atoms with E-state index in [1.54, 1.807) is 6.07 Å². The Kier molecular flexibility index (Phi) is 2.97. The van der Waals surface area contributed by atoms with Gasteiger partial charge >= 0.3 is 6.61 Å². The van der Waals surface area contributed by atoms with Crippen molar-refractivity contribution >= 4 is 0 Å². The third kappa shape index (κ3) is 2.16. The van der Waals surface area contributed by atoms with Gasteiger partial charge in [-0.3, -0.25) is 0 Å². The number of alkyl halides is 2. The van der Waals surface area contributed by atoms with Crippen LogP contribution in [0.25, 0.3) is 0 Å². The number of rotatable bonds is 2. The quantitative estimate of drug-likeness (QED) is 0.736. The van der Waals surface area contributed by atoms with Crippen molar-refractivity contribution in [3.05, 3.63) is 29.1 Å². The Morgan fingerprint density at radius 3 is 2.57 bits per heavy atom. The average molecular weight is 201 g/mol. The lowest BCUT2D eigenvalue weighted by molar-refractivity contribution is -0.0522. The number of halogens is 3. The zero-order chi connectivity index (χ0) is 10.7. The SMILES string of the molecule is Cc1cc(OC(F)F)c(F)cc1C#N. The molecule has 0 aromatic heterocycles. The molecule has 0 heterocycles. The van der Waals surface area contributed by atoms with Crippen LogP contribution in [0.2, 0.25) is 0 Å². The molecule has 0 spiro atoms. The van der Waals surface area contributed by atoms with Gasteiger partial charge in [-0.2, -0.15) is 14.0 Å². The summed E-state index contributed by atoms with van der Waals surface area (Å²) in [6.07, 6.45) is 0. The van der Waals surface area contributed by atoms with Crippen molar-refractivity contribution in [1.29, 1.82) is 5.26 Å². The molecule has 0 atom stereocenters. The Bertz CT molecular complexity index is 384. The Balaban J connectivity index is 3.10. The molecule has 1 aromatic carbocycles. The molecule has 0 N–H and O–H groups in total. The first kappa shape index (κ1) is 10.4. The van der Waals surface area contributed by atoms with Gasteiger partial charge in [-0.15, -0.1) is 0 Å². The molecule has 0 unspecified atom stereocenters. The van der Waals surface area contributed by atoms with Crippen molar-refractivity contribution in [2.45, 2.75) is 13.5 Å². The van der Waals surface area contributed by atoms with Crippen LogP contribution in [0.5, 0.6) is 5.75 Å². The highest BCUT2D eigenvalue weighted by molar-refractivity contribution is 5.42. The molecule has 0 saturated heterocycles. The minimum Gasteiger partial charge on any atom is -0.432 e. The predicted octanol–water partition coefficient (Wildman–Crippen LogP) is 2.61. The van der Waals surface area contributed by atoms with Crippen molar-refractivity contribution < 1.29 is 17.9 Å². The molecule has 0 amide bonds. The van der Waals surface area contributed by atoms with Crippen LogP contribution >= 0.6 is 0 Å². The molecule has 0 aliphatic rings. The Morgan fingerprint density at radius 1 is 1.43 bits per heavy atom. The second kappa shape index (κ2) is 4.01. The lowest BCUT2D eigenvalue weighted by Gasteiger charge is -2.07. The second-order valence-electron chi connectivity index (χ2n) is 2.59. The number of benzene rings is 1. The largest absolute Gasteiger partial charge is 0.432 e. The van der Waals surface area contributed by atoms with Crippen molar-refractivity contribution in [1.82, 2.24) is 0 Å². The first-order valence-electron chi connectivity index (χ1n) is 3.69. The maximum atomic E-state index is 13.0. The van der Waals surface area contributed by atoms with E-state index in [0.717, 1.165) is 12.1 Å². The van der Waals surface area contributed by atoms with Crippen LogP contribution in [0.4, 0.5) is 13.2 Å². The molecule has 5 heteroatoms. The van der Waals surface area contributed by atoms with Gasteiger partial charge in [0, 0.05) is 0 Å². The molecule has 1 rings (SSSR count). The number of nitrogens with zero attached hydrogens (tertiary/aromatic N) is 1. The molecule has 0 radical (unpaired) electrons. The molecular weight excluding hydrogens is 195 g/mol. The maximum absolute atomic E-state index is 13.0. The third-order valence-electron chi connectivity index (χ3n) is 1.62. The van der Waals surface area contributed by atoms with E-state index in [0.29, 0.717) is 5.56 Å². The highest BCUT2D eigenvalue weighted by atomic mass is 19.3. The zero-order valence-corrected chi connectivity index (χ0v) is 7.22. The molecule has 1 aromatic rings. The second-order valence-corrected chi connectivity index (χ2v) is 2.59. The predicted molar refractivity (Wildman–Crippen MR) is 42.5 cm³/mol. The van der Waals surface area contributed by atoms with Crippen LogP contribution in [0, 0.1) is 24.1 Å². The highest BCUT2D eigenvalue weighted by Gasteiger charge is 2.12. The summed E-state index contributed by atoms with van der Waals surface area (Å²) in [6, 6.07) is 3.67. The number of hydrogen-bond acceptors (Lipinski definition) is 2. The Labute approximate surface area is 78.5 Å². The van der Waals surface area contributed by atoms with Gasteiger partial charge in [-0.05, 0) is 24.6 Å². The van der Waals surface area contributed by atoms with Crippen LogP contribution < -0.4 is 4.74 Å². The first-order chi connectivity index (χ1) is 6.54. The van der Waals surface area contributed by atoms with Crippen LogP contribution in [0.3, 0.4) is 0 Å². The van der Waals surface area contributed by atoms with Crippen molar-refractivity contribution in [2.24, 2.45) is 0 Å². The van der Waals surface area contributed by atoms with Gasteiger partial charge < -0.3 is 4.74 Å². The molecule has 74 valence electrons. The maximum Gasteiger partial charge on any atom is 0.387 e. The molecule has 0 bridgehead atoms. The standard InChI is InChI=1S/C9H6F3NO/c1-5-2-8(14-9(11)12)7(10)3-6(5)4-13/h2-3,9H,1H3. The summed E-state index contributed by atoms with van der Waals surface area (Å²) >= 11 is 0. The fourth-order valence-corrected chi connectivity index (χ4v) is 0.962. The summed E-state index contributed by atoms with van der Waals surface area (Å²) in [5, 5.41) is 8.51. The topological polar surface area (TPSA) is 33.0 Å². The average Bonchev–Trinajstić information content (AvgIpc) is 2.10. The number of ether oxygens (including phenoxy) is 1. The third-order valence-corrected chi connectivity index (χ3v) is 1.62. The smallest absolute Gasteiger partial charge is 0.387 e. The zero-order valence-electron chi connectivity index (χ0n) is 7.22. The number of hydrogen-bond donors (Lipinski definition) is 0.